The molecule has 6 heteroatoms. The fraction of sp³-hybridized carbons (Fsp3) is 0.300. The lowest BCUT2D eigenvalue weighted by atomic mass is 10.1. The molecule has 0 N–H and O–H groups in total. The number of nitrogens with zero attached hydrogens (tertiary/aromatic N) is 2. The van der Waals surface area contributed by atoms with Gasteiger partial charge in [-0.1, -0.05) is 35.6 Å². The Morgan fingerprint density at radius 3 is 2.69 bits per heavy atom. The molecule has 0 spiro atoms. The van der Waals surface area contributed by atoms with E-state index in [1.54, 1.807) is 7.11 Å². The maximum absolute atomic E-state index is 12.3. The molecular formula is C20H22N2O3S. The molecule has 3 aromatic rings. The summed E-state index contributed by atoms with van der Waals surface area (Å²) in [5, 5.41) is 0. The summed E-state index contributed by atoms with van der Waals surface area (Å²) in [6.45, 7) is 5.27. The first-order valence-corrected chi connectivity index (χ1v) is 9.25. The standard InChI is InChI=1S/C20H22N2O3S/c1-14-11-15(2)19-17(12-14)26-20(22(19)9-10-24-3)21-18(23)13-25-16-7-5-4-6-8-16/h4-8,11-12H,9-10,13H2,1-3H3. The molecule has 1 heterocycles. The second-order valence-electron chi connectivity index (χ2n) is 6.06. The number of ether oxygens (including phenoxy) is 2. The monoisotopic (exact) mass is 370 g/mol. The highest BCUT2D eigenvalue weighted by atomic mass is 32.1. The number of para-hydroxylation sites is 1. The molecule has 3 rings (SSSR count). The van der Waals surface area contributed by atoms with E-state index < -0.39 is 0 Å². The van der Waals surface area contributed by atoms with Crippen molar-refractivity contribution >= 4 is 27.5 Å². The molecule has 0 atom stereocenters. The van der Waals surface area contributed by atoms with Crippen LogP contribution in [0.5, 0.6) is 5.75 Å². The van der Waals surface area contributed by atoms with E-state index in [0.29, 0.717) is 23.7 Å². The van der Waals surface area contributed by atoms with Crippen molar-refractivity contribution in [2.24, 2.45) is 4.99 Å². The predicted molar refractivity (Wildman–Crippen MR) is 104 cm³/mol. The molecule has 0 unspecified atom stereocenters. The van der Waals surface area contributed by atoms with E-state index in [-0.39, 0.29) is 12.5 Å². The molecule has 2 aromatic carbocycles. The molecule has 1 amide bonds. The number of hydrogen-bond acceptors (Lipinski definition) is 4. The summed E-state index contributed by atoms with van der Waals surface area (Å²) in [5.74, 6) is 0.354. The fourth-order valence-corrected chi connectivity index (χ4v) is 4.12. The summed E-state index contributed by atoms with van der Waals surface area (Å²) >= 11 is 1.52. The van der Waals surface area contributed by atoms with Gasteiger partial charge in [-0.3, -0.25) is 4.79 Å². The van der Waals surface area contributed by atoms with Crippen molar-refractivity contribution in [1.82, 2.24) is 4.57 Å². The average Bonchev–Trinajstić information content (AvgIpc) is 2.96. The SMILES string of the molecule is COCCn1c(=NC(=O)COc2ccccc2)sc2cc(C)cc(C)c21. The third kappa shape index (κ3) is 4.20. The number of methoxy groups -OCH3 is 1. The van der Waals surface area contributed by atoms with Crippen molar-refractivity contribution in [3.8, 4) is 5.75 Å². The van der Waals surface area contributed by atoms with Crippen LogP contribution in [-0.2, 0) is 16.1 Å². The van der Waals surface area contributed by atoms with E-state index in [1.165, 1.54) is 22.5 Å². The number of carbonyl (C=O) groups excluding carboxylic acids is 1. The number of aryl methyl sites for hydroxylation is 2. The molecular weight excluding hydrogens is 348 g/mol. The number of rotatable bonds is 6. The molecule has 26 heavy (non-hydrogen) atoms. The highest BCUT2D eigenvalue weighted by Crippen LogP contribution is 2.23. The zero-order chi connectivity index (χ0) is 18.5. The van der Waals surface area contributed by atoms with E-state index in [4.69, 9.17) is 9.47 Å². The summed E-state index contributed by atoms with van der Waals surface area (Å²) in [6, 6.07) is 13.5. The molecule has 0 radical (unpaired) electrons. The van der Waals surface area contributed by atoms with Crippen molar-refractivity contribution in [1.29, 1.82) is 0 Å². The zero-order valence-electron chi connectivity index (χ0n) is 15.2. The minimum absolute atomic E-state index is 0.0828. The normalized spacial score (nSPS) is 11.9. The molecule has 1 aromatic heterocycles. The summed E-state index contributed by atoms with van der Waals surface area (Å²) in [5.41, 5.74) is 3.47. The number of carbonyl (C=O) groups is 1. The van der Waals surface area contributed by atoms with Crippen LogP contribution < -0.4 is 9.54 Å². The number of amides is 1. The van der Waals surface area contributed by atoms with Gasteiger partial charge in [-0.25, -0.2) is 0 Å². The van der Waals surface area contributed by atoms with Gasteiger partial charge < -0.3 is 14.0 Å². The van der Waals surface area contributed by atoms with Gasteiger partial charge in [0.2, 0.25) is 0 Å². The number of thiazole rings is 1. The van der Waals surface area contributed by atoms with Crippen LogP contribution in [0.25, 0.3) is 10.2 Å². The van der Waals surface area contributed by atoms with Crippen molar-refractivity contribution in [3.05, 3.63) is 58.4 Å². The Kier molecular flexibility index (Phi) is 5.85. The summed E-state index contributed by atoms with van der Waals surface area (Å²) in [6.07, 6.45) is 0. The maximum atomic E-state index is 12.3. The summed E-state index contributed by atoms with van der Waals surface area (Å²) in [7, 11) is 1.67. The van der Waals surface area contributed by atoms with Gasteiger partial charge in [0.1, 0.15) is 5.75 Å². The minimum Gasteiger partial charge on any atom is -0.484 e. The lowest BCUT2D eigenvalue weighted by Gasteiger charge is -2.07. The highest BCUT2D eigenvalue weighted by molar-refractivity contribution is 7.16. The Balaban J connectivity index is 1.93. The number of hydrogen-bond donors (Lipinski definition) is 0. The Morgan fingerprint density at radius 2 is 1.96 bits per heavy atom. The van der Waals surface area contributed by atoms with Crippen molar-refractivity contribution in [3.63, 3.8) is 0 Å². The van der Waals surface area contributed by atoms with Gasteiger partial charge in [-0.05, 0) is 43.2 Å². The molecule has 0 aliphatic carbocycles. The van der Waals surface area contributed by atoms with Gasteiger partial charge in [-0.15, -0.1) is 0 Å². The van der Waals surface area contributed by atoms with E-state index >= 15 is 0 Å². The van der Waals surface area contributed by atoms with Crippen LogP contribution in [0.2, 0.25) is 0 Å². The van der Waals surface area contributed by atoms with E-state index in [0.717, 1.165) is 10.2 Å². The number of benzene rings is 2. The van der Waals surface area contributed by atoms with Crippen LogP contribution in [0.15, 0.2) is 47.5 Å². The van der Waals surface area contributed by atoms with Gasteiger partial charge >= 0.3 is 0 Å². The molecule has 0 saturated carbocycles. The summed E-state index contributed by atoms with van der Waals surface area (Å²) < 4.78 is 13.9. The third-order valence-corrected chi connectivity index (χ3v) is 4.98. The number of aromatic nitrogens is 1. The first-order chi connectivity index (χ1) is 12.6. The third-order valence-electron chi connectivity index (χ3n) is 3.96. The fourth-order valence-electron chi connectivity index (χ4n) is 2.87. The second kappa shape index (κ2) is 8.29. The molecule has 5 nitrogen and oxygen atoms in total. The predicted octanol–water partition coefficient (Wildman–Crippen LogP) is 3.47. The van der Waals surface area contributed by atoms with Crippen LogP contribution in [0.1, 0.15) is 11.1 Å². The van der Waals surface area contributed by atoms with Crippen LogP contribution in [0.4, 0.5) is 0 Å². The van der Waals surface area contributed by atoms with Gasteiger partial charge in [-0.2, -0.15) is 4.99 Å². The van der Waals surface area contributed by atoms with E-state index in [1.807, 2.05) is 30.3 Å². The van der Waals surface area contributed by atoms with Gasteiger partial charge in [0.25, 0.3) is 5.91 Å². The Morgan fingerprint density at radius 1 is 1.19 bits per heavy atom. The molecule has 0 saturated heterocycles. The van der Waals surface area contributed by atoms with Gasteiger partial charge in [0.05, 0.1) is 16.8 Å². The Bertz CT molecular complexity index is 974. The van der Waals surface area contributed by atoms with Gasteiger partial charge in [0, 0.05) is 13.7 Å². The first-order valence-electron chi connectivity index (χ1n) is 8.43. The van der Waals surface area contributed by atoms with Crippen molar-refractivity contribution in [2.75, 3.05) is 20.3 Å². The molecule has 136 valence electrons. The second-order valence-corrected chi connectivity index (χ2v) is 7.07. The number of fused-ring (bicyclic) bond motifs is 1. The molecule has 0 aliphatic rings. The Labute approximate surface area is 156 Å². The molecule has 0 aliphatic heterocycles. The minimum atomic E-state index is -0.305. The van der Waals surface area contributed by atoms with Gasteiger partial charge in [0.15, 0.2) is 11.4 Å². The van der Waals surface area contributed by atoms with Crippen LogP contribution >= 0.6 is 11.3 Å². The lowest BCUT2D eigenvalue weighted by Crippen LogP contribution is -2.21. The molecule has 0 fully saturated rings. The zero-order valence-corrected chi connectivity index (χ0v) is 16.0. The first kappa shape index (κ1) is 18.4. The smallest absolute Gasteiger partial charge is 0.286 e. The van der Waals surface area contributed by atoms with Crippen LogP contribution in [-0.4, -0.2) is 30.8 Å². The summed E-state index contributed by atoms with van der Waals surface area (Å²) in [4.78, 5) is 17.3. The van der Waals surface area contributed by atoms with Crippen molar-refractivity contribution in [2.45, 2.75) is 20.4 Å². The Hall–Kier alpha value is -2.44. The van der Waals surface area contributed by atoms with Crippen LogP contribution in [0, 0.1) is 13.8 Å². The molecule has 0 bridgehead atoms. The lowest BCUT2D eigenvalue weighted by molar-refractivity contribution is -0.120. The largest absolute Gasteiger partial charge is 0.484 e. The highest BCUT2D eigenvalue weighted by Gasteiger charge is 2.11. The topological polar surface area (TPSA) is 52.8 Å². The quantitative estimate of drug-likeness (QED) is 0.668. The van der Waals surface area contributed by atoms with Crippen LogP contribution in [0.3, 0.4) is 0 Å². The van der Waals surface area contributed by atoms with Crippen molar-refractivity contribution < 1.29 is 14.3 Å². The average molecular weight is 370 g/mol. The van der Waals surface area contributed by atoms with E-state index in [2.05, 4.69) is 35.5 Å². The van der Waals surface area contributed by atoms with E-state index in [9.17, 15) is 4.79 Å². The maximum Gasteiger partial charge on any atom is 0.286 e.